The lowest BCUT2D eigenvalue weighted by Gasteiger charge is -2.35. The van der Waals surface area contributed by atoms with E-state index in [0.717, 1.165) is 57.8 Å². The second kappa shape index (κ2) is 10.9. The zero-order valence-corrected chi connectivity index (χ0v) is 23.1. The Bertz CT molecular complexity index is 1570. The van der Waals surface area contributed by atoms with E-state index in [-0.39, 0.29) is 17.8 Å². The Kier molecular flexibility index (Phi) is 7.13. The standard InChI is InChI=1S/C33H32FN3OS/c1-22-10-6-8-14-29(22)37-32(38)31(39-33(37)35-26-11-4-3-5-12-26)20-28-23(2)36(30-15-9-7-13-27(28)30)21-24-16-18-25(34)19-17-24/h3-5,7,9,11-13,15-20,22,29H,6,8,10,14,21H2,1-2H3/b31-20-,35-33?/t22-,29+/m0/s1. The molecular weight excluding hydrogens is 505 g/mol. The number of nitrogens with zero attached hydrogens (tertiary/aromatic N) is 3. The normalized spacial score (nSPS) is 21.9. The number of amidine groups is 1. The van der Waals surface area contributed by atoms with Crippen LogP contribution in [0.25, 0.3) is 17.0 Å². The van der Waals surface area contributed by atoms with E-state index in [1.165, 1.54) is 30.3 Å². The number of aromatic nitrogens is 1. The van der Waals surface area contributed by atoms with Crippen LogP contribution < -0.4 is 0 Å². The molecule has 1 aliphatic heterocycles. The van der Waals surface area contributed by atoms with Gasteiger partial charge in [0, 0.05) is 34.7 Å². The minimum Gasteiger partial charge on any atom is -0.340 e. The Morgan fingerprint density at radius 1 is 0.974 bits per heavy atom. The predicted octanol–water partition coefficient (Wildman–Crippen LogP) is 8.32. The number of benzene rings is 3. The fraction of sp³-hybridized carbons (Fsp3) is 0.273. The number of carbonyl (C=O) groups excluding carboxylic acids is 1. The van der Waals surface area contributed by atoms with Gasteiger partial charge in [0.05, 0.1) is 10.6 Å². The van der Waals surface area contributed by atoms with Crippen LogP contribution in [0, 0.1) is 18.7 Å². The van der Waals surface area contributed by atoms with Crippen molar-refractivity contribution in [2.24, 2.45) is 10.9 Å². The van der Waals surface area contributed by atoms with Crippen molar-refractivity contribution in [3.8, 4) is 0 Å². The molecule has 6 rings (SSSR count). The van der Waals surface area contributed by atoms with E-state index < -0.39 is 0 Å². The molecule has 2 heterocycles. The van der Waals surface area contributed by atoms with Crippen molar-refractivity contribution in [1.29, 1.82) is 0 Å². The quantitative estimate of drug-likeness (QED) is 0.240. The fourth-order valence-corrected chi connectivity index (χ4v) is 6.92. The second-order valence-corrected chi connectivity index (χ2v) is 11.6. The van der Waals surface area contributed by atoms with E-state index in [0.29, 0.717) is 17.4 Å². The number of hydrogen-bond acceptors (Lipinski definition) is 3. The third-order valence-electron chi connectivity index (χ3n) is 8.02. The average molecular weight is 538 g/mol. The zero-order valence-electron chi connectivity index (χ0n) is 22.3. The molecule has 0 spiro atoms. The van der Waals surface area contributed by atoms with Gasteiger partial charge in [-0.3, -0.25) is 9.69 Å². The van der Waals surface area contributed by atoms with E-state index in [2.05, 4.69) is 36.6 Å². The zero-order chi connectivity index (χ0) is 26.9. The maximum absolute atomic E-state index is 14.0. The number of thioether (sulfide) groups is 1. The molecular formula is C33H32FN3OS. The first-order valence-electron chi connectivity index (χ1n) is 13.7. The summed E-state index contributed by atoms with van der Waals surface area (Å²) in [4.78, 5) is 21.7. The van der Waals surface area contributed by atoms with Crippen molar-refractivity contribution < 1.29 is 9.18 Å². The molecule has 2 aliphatic rings. The van der Waals surface area contributed by atoms with Crippen LogP contribution in [0.15, 0.2) is 88.8 Å². The van der Waals surface area contributed by atoms with Crippen molar-refractivity contribution >= 4 is 45.5 Å². The van der Waals surface area contributed by atoms with Gasteiger partial charge >= 0.3 is 0 Å². The summed E-state index contributed by atoms with van der Waals surface area (Å²) in [5.41, 5.74) is 5.10. The number of para-hydroxylation sites is 2. The second-order valence-electron chi connectivity index (χ2n) is 10.6. The van der Waals surface area contributed by atoms with Gasteiger partial charge in [-0.1, -0.05) is 68.3 Å². The fourth-order valence-electron chi connectivity index (χ4n) is 5.90. The van der Waals surface area contributed by atoms with E-state index >= 15 is 0 Å². The Hall–Kier alpha value is -3.64. The van der Waals surface area contributed by atoms with Gasteiger partial charge in [0.2, 0.25) is 0 Å². The molecule has 4 nitrogen and oxygen atoms in total. The van der Waals surface area contributed by atoms with Gasteiger partial charge in [-0.2, -0.15) is 0 Å². The third kappa shape index (κ3) is 5.06. The molecule has 39 heavy (non-hydrogen) atoms. The van der Waals surface area contributed by atoms with Crippen LogP contribution in [0.5, 0.6) is 0 Å². The number of halogens is 1. The molecule has 1 amide bonds. The average Bonchev–Trinajstić information content (AvgIpc) is 3.39. The van der Waals surface area contributed by atoms with Crippen LogP contribution in [-0.4, -0.2) is 26.6 Å². The van der Waals surface area contributed by atoms with Gasteiger partial charge < -0.3 is 4.57 Å². The highest BCUT2D eigenvalue weighted by Crippen LogP contribution is 2.41. The first kappa shape index (κ1) is 25.6. The summed E-state index contributed by atoms with van der Waals surface area (Å²) in [5.74, 6) is 0.242. The van der Waals surface area contributed by atoms with E-state index in [1.54, 1.807) is 0 Å². The first-order valence-corrected chi connectivity index (χ1v) is 14.5. The maximum atomic E-state index is 14.0. The van der Waals surface area contributed by atoms with Crippen molar-refractivity contribution in [1.82, 2.24) is 9.47 Å². The van der Waals surface area contributed by atoms with Gasteiger partial charge in [-0.25, -0.2) is 9.38 Å². The summed E-state index contributed by atoms with van der Waals surface area (Å²) in [7, 11) is 0. The summed E-state index contributed by atoms with van der Waals surface area (Å²) in [6.45, 7) is 4.99. The number of rotatable bonds is 5. The summed E-state index contributed by atoms with van der Waals surface area (Å²) in [5, 5.41) is 1.87. The molecule has 1 saturated heterocycles. The summed E-state index contributed by atoms with van der Waals surface area (Å²) < 4.78 is 15.8. The van der Waals surface area contributed by atoms with Gasteiger partial charge in [-0.15, -0.1) is 0 Å². The monoisotopic (exact) mass is 537 g/mol. The van der Waals surface area contributed by atoms with Crippen LogP contribution in [-0.2, 0) is 11.3 Å². The largest absolute Gasteiger partial charge is 0.340 e. The van der Waals surface area contributed by atoms with Gasteiger partial charge in [0.1, 0.15) is 5.82 Å². The van der Waals surface area contributed by atoms with Crippen LogP contribution in [0.2, 0.25) is 0 Å². The van der Waals surface area contributed by atoms with Crippen molar-refractivity contribution in [2.75, 3.05) is 0 Å². The molecule has 3 aromatic carbocycles. The minimum atomic E-state index is -0.236. The van der Waals surface area contributed by atoms with Crippen molar-refractivity contribution in [2.45, 2.75) is 52.1 Å². The lowest BCUT2D eigenvalue weighted by Crippen LogP contribution is -2.44. The summed E-state index contributed by atoms with van der Waals surface area (Å²) in [6.07, 6.45) is 6.54. The molecule has 198 valence electrons. The van der Waals surface area contributed by atoms with Crippen molar-refractivity contribution in [3.05, 3.63) is 106 Å². The lowest BCUT2D eigenvalue weighted by molar-refractivity contribution is -0.124. The van der Waals surface area contributed by atoms with Gasteiger partial charge in [0.15, 0.2) is 5.17 Å². The molecule has 0 N–H and O–H groups in total. The molecule has 1 aliphatic carbocycles. The Morgan fingerprint density at radius 2 is 1.69 bits per heavy atom. The molecule has 0 radical (unpaired) electrons. The Balaban J connectivity index is 1.42. The molecule has 1 saturated carbocycles. The highest BCUT2D eigenvalue weighted by molar-refractivity contribution is 8.18. The lowest BCUT2D eigenvalue weighted by atomic mass is 9.85. The molecule has 4 aromatic rings. The van der Waals surface area contributed by atoms with E-state index in [9.17, 15) is 9.18 Å². The molecule has 2 fully saturated rings. The number of carbonyl (C=O) groups is 1. The van der Waals surface area contributed by atoms with Crippen LogP contribution in [0.4, 0.5) is 10.1 Å². The maximum Gasteiger partial charge on any atom is 0.267 e. The molecule has 0 unspecified atom stereocenters. The Labute approximate surface area is 233 Å². The topological polar surface area (TPSA) is 37.6 Å². The molecule has 6 heteroatoms. The van der Waals surface area contributed by atoms with E-state index in [4.69, 9.17) is 4.99 Å². The summed E-state index contributed by atoms with van der Waals surface area (Å²) >= 11 is 1.48. The van der Waals surface area contributed by atoms with E-state index in [1.807, 2.05) is 59.5 Å². The highest BCUT2D eigenvalue weighted by Gasteiger charge is 2.41. The minimum absolute atomic E-state index is 0.0446. The smallest absolute Gasteiger partial charge is 0.267 e. The third-order valence-corrected chi connectivity index (χ3v) is 9.01. The van der Waals surface area contributed by atoms with Gasteiger partial charge in [0.25, 0.3) is 5.91 Å². The predicted molar refractivity (Wildman–Crippen MR) is 160 cm³/mol. The number of hydrogen-bond donors (Lipinski definition) is 0. The number of fused-ring (bicyclic) bond motifs is 1. The van der Waals surface area contributed by atoms with Crippen LogP contribution in [0.1, 0.15) is 49.4 Å². The molecule has 0 bridgehead atoms. The number of amides is 1. The van der Waals surface area contributed by atoms with Crippen LogP contribution in [0.3, 0.4) is 0 Å². The molecule has 1 aromatic heterocycles. The number of aliphatic imine (C=N–C) groups is 1. The first-order chi connectivity index (χ1) is 19.0. The van der Waals surface area contributed by atoms with Crippen LogP contribution >= 0.6 is 11.8 Å². The highest BCUT2D eigenvalue weighted by atomic mass is 32.2. The molecule has 2 atom stereocenters. The Morgan fingerprint density at radius 3 is 2.46 bits per heavy atom. The SMILES string of the molecule is Cc1c(/C=C2\SC(=Nc3ccccc3)N([C@@H]3CCCC[C@@H]3C)C2=O)c2ccccc2n1Cc1ccc(F)cc1. The van der Waals surface area contributed by atoms with Gasteiger partial charge in [-0.05, 0) is 79.4 Å². The van der Waals surface area contributed by atoms with Crippen molar-refractivity contribution in [3.63, 3.8) is 0 Å². The summed E-state index contributed by atoms with van der Waals surface area (Å²) in [6, 6.07) is 25.0.